The van der Waals surface area contributed by atoms with E-state index in [-0.39, 0.29) is 25.8 Å². The van der Waals surface area contributed by atoms with Gasteiger partial charge in [-0.1, -0.05) is 0 Å². The third-order valence-corrected chi connectivity index (χ3v) is 3.86. The number of primary amides is 1. The molecule has 0 saturated heterocycles. The summed E-state index contributed by atoms with van der Waals surface area (Å²) in [5, 5.41) is 16.0. The fraction of sp³-hybridized carbons (Fsp3) is 0.500. The first-order valence-corrected chi connectivity index (χ1v) is 8.72. The van der Waals surface area contributed by atoms with Crippen LogP contribution in [-0.4, -0.2) is 69.3 Å². The van der Waals surface area contributed by atoms with Crippen LogP contribution in [0, 0.1) is 0 Å². The van der Waals surface area contributed by atoms with Gasteiger partial charge in [-0.15, -0.1) is 0 Å². The zero-order valence-corrected chi connectivity index (χ0v) is 15.8. The number of nitrogens with zero attached hydrogens (tertiary/aromatic N) is 1. The van der Waals surface area contributed by atoms with Crippen molar-refractivity contribution >= 4 is 29.6 Å². The SMILES string of the molecule is CC(NC(=O)C(Cc1cnc[nH]1)NC(=O)C(CCC(N)=O)NC(=O)CN)C(=O)O. The van der Waals surface area contributed by atoms with Crippen molar-refractivity contribution in [1.82, 2.24) is 25.9 Å². The molecule has 0 aliphatic rings. The Bertz CT molecular complexity index is 736. The standard InChI is InChI=1S/C16H25N7O6/c1-8(16(28)29)21-15(27)11(4-9-6-19-7-20-9)23-14(26)10(2-3-12(18)24)22-13(25)5-17/h6-8,10-11H,2-5,17H2,1H3,(H2,18,24)(H,19,20)(H,21,27)(H,22,25)(H,23,26)(H,28,29). The maximum absolute atomic E-state index is 12.6. The number of nitrogens with one attached hydrogen (secondary N) is 4. The summed E-state index contributed by atoms with van der Waals surface area (Å²) in [5.74, 6) is -4.06. The van der Waals surface area contributed by atoms with E-state index >= 15 is 0 Å². The van der Waals surface area contributed by atoms with E-state index in [9.17, 15) is 24.0 Å². The molecule has 9 N–H and O–H groups in total. The Morgan fingerprint density at radius 1 is 1.14 bits per heavy atom. The van der Waals surface area contributed by atoms with Gasteiger partial charge in [0.1, 0.15) is 18.1 Å². The van der Waals surface area contributed by atoms with Gasteiger partial charge in [0.2, 0.25) is 23.6 Å². The monoisotopic (exact) mass is 411 g/mol. The van der Waals surface area contributed by atoms with Crippen molar-refractivity contribution < 1.29 is 29.1 Å². The molecule has 3 atom stereocenters. The lowest BCUT2D eigenvalue weighted by molar-refractivity contribution is -0.141. The number of nitrogens with two attached hydrogens (primary N) is 2. The van der Waals surface area contributed by atoms with Crippen molar-refractivity contribution in [3.8, 4) is 0 Å². The minimum atomic E-state index is -1.25. The molecule has 1 rings (SSSR count). The van der Waals surface area contributed by atoms with Gasteiger partial charge in [-0.25, -0.2) is 4.98 Å². The number of carbonyl (C=O) groups excluding carboxylic acids is 4. The van der Waals surface area contributed by atoms with Crippen LogP contribution < -0.4 is 27.4 Å². The van der Waals surface area contributed by atoms with Gasteiger partial charge in [0.15, 0.2) is 0 Å². The number of aliphatic carboxylic acids is 1. The van der Waals surface area contributed by atoms with Crippen molar-refractivity contribution in [3.63, 3.8) is 0 Å². The molecular weight excluding hydrogens is 386 g/mol. The molecule has 0 radical (unpaired) electrons. The number of hydrogen-bond acceptors (Lipinski definition) is 7. The topological polar surface area (TPSA) is 222 Å². The first-order chi connectivity index (χ1) is 13.6. The average molecular weight is 411 g/mol. The maximum Gasteiger partial charge on any atom is 0.325 e. The van der Waals surface area contributed by atoms with Gasteiger partial charge in [-0.2, -0.15) is 0 Å². The van der Waals surface area contributed by atoms with Gasteiger partial charge in [0.25, 0.3) is 0 Å². The van der Waals surface area contributed by atoms with Crippen LogP contribution in [0.4, 0.5) is 0 Å². The summed E-state index contributed by atoms with van der Waals surface area (Å²) in [6, 6.07) is -3.52. The Kier molecular flexibility index (Phi) is 9.25. The Balaban J connectivity index is 2.95. The molecule has 1 aromatic rings. The van der Waals surface area contributed by atoms with Crippen LogP contribution in [0.25, 0.3) is 0 Å². The molecule has 4 amide bonds. The summed E-state index contributed by atoms with van der Waals surface area (Å²) in [6.45, 7) is 0.890. The van der Waals surface area contributed by atoms with E-state index in [1.165, 1.54) is 19.4 Å². The van der Waals surface area contributed by atoms with E-state index in [2.05, 4.69) is 25.9 Å². The van der Waals surface area contributed by atoms with Crippen molar-refractivity contribution in [2.75, 3.05) is 6.54 Å². The smallest absolute Gasteiger partial charge is 0.325 e. The minimum Gasteiger partial charge on any atom is -0.480 e. The molecule has 160 valence electrons. The van der Waals surface area contributed by atoms with Gasteiger partial charge in [-0.3, -0.25) is 24.0 Å². The van der Waals surface area contributed by atoms with Crippen molar-refractivity contribution in [2.24, 2.45) is 11.5 Å². The Hall–Kier alpha value is -3.48. The van der Waals surface area contributed by atoms with Gasteiger partial charge in [0.05, 0.1) is 12.9 Å². The summed E-state index contributed by atoms with van der Waals surface area (Å²) in [5.41, 5.74) is 10.8. The number of carboxylic acid groups (broad SMARTS) is 1. The van der Waals surface area contributed by atoms with Crippen molar-refractivity contribution in [2.45, 2.75) is 44.3 Å². The number of imidazole rings is 1. The van der Waals surface area contributed by atoms with Crippen LogP contribution in [0.5, 0.6) is 0 Å². The molecule has 0 aliphatic heterocycles. The Labute approximate surface area is 166 Å². The number of H-pyrrole nitrogens is 1. The number of rotatable bonds is 12. The lowest BCUT2D eigenvalue weighted by atomic mass is 10.1. The summed E-state index contributed by atoms with van der Waals surface area (Å²) in [4.78, 5) is 65.3. The summed E-state index contributed by atoms with van der Waals surface area (Å²) in [7, 11) is 0. The third kappa shape index (κ3) is 8.38. The molecule has 0 saturated carbocycles. The first kappa shape index (κ1) is 23.6. The van der Waals surface area contributed by atoms with Gasteiger partial charge >= 0.3 is 5.97 Å². The highest BCUT2D eigenvalue weighted by Gasteiger charge is 2.29. The summed E-state index contributed by atoms with van der Waals surface area (Å²) >= 11 is 0. The predicted molar refractivity (Wildman–Crippen MR) is 98.9 cm³/mol. The third-order valence-electron chi connectivity index (χ3n) is 3.86. The zero-order valence-electron chi connectivity index (χ0n) is 15.8. The fourth-order valence-electron chi connectivity index (χ4n) is 2.28. The quantitative estimate of drug-likeness (QED) is 0.184. The molecule has 3 unspecified atom stereocenters. The van der Waals surface area contributed by atoms with Crippen LogP contribution in [0.2, 0.25) is 0 Å². The van der Waals surface area contributed by atoms with Crippen LogP contribution in [0.15, 0.2) is 12.5 Å². The second-order valence-corrected chi connectivity index (χ2v) is 6.24. The first-order valence-electron chi connectivity index (χ1n) is 8.72. The second kappa shape index (κ2) is 11.4. The second-order valence-electron chi connectivity index (χ2n) is 6.24. The molecule has 0 spiro atoms. The van der Waals surface area contributed by atoms with E-state index in [4.69, 9.17) is 16.6 Å². The van der Waals surface area contributed by atoms with E-state index < -0.39 is 47.7 Å². The average Bonchev–Trinajstić information content (AvgIpc) is 3.16. The number of carbonyl (C=O) groups is 5. The number of aromatic nitrogens is 2. The van der Waals surface area contributed by atoms with Crippen molar-refractivity contribution in [3.05, 3.63) is 18.2 Å². The molecule has 13 heteroatoms. The fourth-order valence-corrected chi connectivity index (χ4v) is 2.28. The van der Waals surface area contributed by atoms with Crippen LogP contribution >= 0.6 is 0 Å². The van der Waals surface area contributed by atoms with E-state index in [1.807, 2.05) is 0 Å². The van der Waals surface area contributed by atoms with E-state index in [0.29, 0.717) is 5.69 Å². The zero-order chi connectivity index (χ0) is 22.0. The maximum atomic E-state index is 12.6. The molecule has 0 aliphatic carbocycles. The highest BCUT2D eigenvalue weighted by atomic mass is 16.4. The normalized spacial score (nSPS) is 13.6. The molecule has 0 fully saturated rings. The van der Waals surface area contributed by atoms with E-state index in [1.54, 1.807) is 0 Å². The molecule has 0 bridgehead atoms. The minimum absolute atomic E-state index is 0.0166. The van der Waals surface area contributed by atoms with Gasteiger partial charge in [-0.05, 0) is 13.3 Å². The van der Waals surface area contributed by atoms with Crippen LogP contribution in [0.3, 0.4) is 0 Å². The van der Waals surface area contributed by atoms with Crippen LogP contribution in [0.1, 0.15) is 25.5 Å². The predicted octanol–water partition coefficient (Wildman–Crippen LogP) is -3.26. The number of carboxylic acids is 1. The van der Waals surface area contributed by atoms with E-state index in [0.717, 1.165) is 0 Å². The number of hydrogen-bond donors (Lipinski definition) is 7. The lowest BCUT2D eigenvalue weighted by Gasteiger charge is -2.23. The highest BCUT2D eigenvalue weighted by molar-refractivity contribution is 5.93. The molecular formula is C16H25N7O6. The number of aromatic amines is 1. The van der Waals surface area contributed by atoms with Crippen molar-refractivity contribution in [1.29, 1.82) is 0 Å². The largest absolute Gasteiger partial charge is 0.480 e. The Morgan fingerprint density at radius 2 is 1.79 bits per heavy atom. The molecule has 0 aromatic carbocycles. The molecule has 29 heavy (non-hydrogen) atoms. The highest BCUT2D eigenvalue weighted by Crippen LogP contribution is 2.03. The molecule has 1 heterocycles. The Morgan fingerprint density at radius 3 is 2.31 bits per heavy atom. The summed E-state index contributed by atoms with van der Waals surface area (Å²) in [6.07, 6.45) is 2.52. The molecule has 1 aromatic heterocycles. The lowest BCUT2D eigenvalue weighted by Crippen LogP contribution is -2.56. The molecule has 13 nitrogen and oxygen atoms in total. The summed E-state index contributed by atoms with van der Waals surface area (Å²) < 4.78 is 0. The number of amides is 4. The van der Waals surface area contributed by atoms with Crippen LogP contribution in [-0.2, 0) is 30.4 Å². The van der Waals surface area contributed by atoms with Gasteiger partial charge in [0, 0.05) is 24.7 Å². The van der Waals surface area contributed by atoms with Gasteiger partial charge < -0.3 is 37.5 Å².